The highest BCUT2D eigenvalue weighted by molar-refractivity contribution is 5.44. The van der Waals surface area contributed by atoms with Gasteiger partial charge in [0.25, 0.3) is 0 Å². The van der Waals surface area contributed by atoms with Gasteiger partial charge < -0.3 is 19.3 Å². The van der Waals surface area contributed by atoms with Crippen molar-refractivity contribution < 1.29 is 19.3 Å². The van der Waals surface area contributed by atoms with Crippen LogP contribution in [0.5, 0.6) is 11.5 Å². The Balaban J connectivity index is 1.79. The van der Waals surface area contributed by atoms with Crippen molar-refractivity contribution in [2.45, 2.75) is 25.6 Å². The largest absolute Gasteiger partial charge is 0.486 e. The minimum atomic E-state index is -0.495. The van der Waals surface area contributed by atoms with Crippen LogP contribution < -0.4 is 9.47 Å². The van der Waals surface area contributed by atoms with E-state index < -0.39 is 6.10 Å². The molecule has 1 N–H and O–H groups in total. The standard InChI is InChI=1S/C14H18O4/c1-9-6-11(8-18-9)14(15)10-2-3-12-13(7-10)17-5-4-16-12/h2-3,7,9,11,14-15H,4-6,8H2,1H3. The molecule has 2 heterocycles. The lowest BCUT2D eigenvalue weighted by Gasteiger charge is -2.22. The summed E-state index contributed by atoms with van der Waals surface area (Å²) in [5.41, 5.74) is 0.877. The Morgan fingerprint density at radius 3 is 2.72 bits per heavy atom. The van der Waals surface area contributed by atoms with E-state index >= 15 is 0 Å². The molecule has 1 fully saturated rings. The molecule has 0 bridgehead atoms. The van der Waals surface area contributed by atoms with Gasteiger partial charge in [-0.2, -0.15) is 0 Å². The number of benzene rings is 1. The fourth-order valence-corrected chi connectivity index (χ4v) is 2.59. The quantitative estimate of drug-likeness (QED) is 0.871. The van der Waals surface area contributed by atoms with Crippen molar-refractivity contribution in [3.05, 3.63) is 23.8 Å². The topological polar surface area (TPSA) is 47.9 Å². The van der Waals surface area contributed by atoms with Crippen molar-refractivity contribution in [1.82, 2.24) is 0 Å². The first kappa shape index (κ1) is 11.8. The van der Waals surface area contributed by atoms with Crippen LogP contribution in [-0.4, -0.2) is 31.0 Å². The van der Waals surface area contributed by atoms with Crippen LogP contribution in [0.2, 0.25) is 0 Å². The number of ether oxygens (including phenoxy) is 3. The zero-order valence-electron chi connectivity index (χ0n) is 10.5. The Morgan fingerprint density at radius 1 is 1.22 bits per heavy atom. The molecule has 1 aromatic carbocycles. The zero-order chi connectivity index (χ0) is 12.5. The molecule has 18 heavy (non-hydrogen) atoms. The first-order valence-electron chi connectivity index (χ1n) is 6.43. The van der Waals surface area contributed by atoms with Crippen molar-refractivity contribution in [2.24, 2.45) is 5.92 Å². The summed E-state index contributed by atoms with van der Waals surface area (Å²) < 4.78 is 16.5. The van der Waals surface area contributed by atoms with E-state index in [1.54, 1.807) is 0 Å². The first-order valence-corrected chi connectivity index (χ1v) is 6.43. The van der Waals surface area contributed by atoms with E-state index in [4.69, 9.17) is 14.2 Å². The minimum Gasteiger partial charge on any atom is -0.486 e. The smallest absolute Gasteiger partial charge is 0.161 e. The first-order chi connectivity index (χ1) is 8.74. The van der Waals surface area contributed by atoms with Gasteiger partial charge in [0.05, 0.1) is 18.8 Å². The number of rotatable bonds is 2. The molecule has 0 aliphatic carbocycles. The van der Waals surface area contributed by atoms with Crippen LogP contribution in [-0.2, 0) is 4.74 Å². The lowest BCUT2D eigenvalue weighted by molar-refractivity contribution is 0.0799. The average molecular weight is 250 g/mol. The summed E-state index contributed by atoms with van der Waals surface area (Å²) in [4.78, 5) is 0. The van der Waals surface area contributed by atoms with E-state index in [0.717, 1.165) is 23.5 Å². The Morgan fingerprint density at radius 2 is 2.00 bits per heavy atom. The van der Waals surface area contributed by atoms with Gasteiger partial charge in [0.1, 0.15) is 13.2 Å². The average Bonchev–Trinajstić information content (AvgIpc) is 2.84. The maximum absolute atomic E-state index is 10.4. The van der Waals surface area contributed by atoms with Gasteiger partial charge >= 0.3 is 0 Å². The summed E-state index contributed by atoms with van der Waals surface area (Å²) in [5.74, 6) is 1.65. The molecular formula is C14H18O4. The van der Waals surface area contributed by atoms with Crippen LogP contribution in [0, 0.1) is 5.92 Å². The normalized spacial score (nSPS) is 28.1. The predicted octanol–water partition coefficient (Wildman–Crippen LogP) is 1.92. The Bertz CT molecular complexity index is 432. The van der Waals surface area contributed by atoms with Gasteiger partial charge in [0, 0.05) is 5.92 Å². The van der Waals surface area contributed by atoms with Gasteiger partial charge in [-0.25, -0.2) is 0 Å². The van der Waals surface area contributed by atoms with E-state index in [-0.39, 0.29) is 12.0 Å². The minimum absolute atomic E-state index is 0.169. The van der Waals surface area contributed by atoms with E-state index in [1.807, 2.05) is 25.1 Å². The van der Waals surface area contributed by atoms with Crippen molar-refractivity contribution in [3.63, 3.8) is 0 Å². The van der Waals surface area contributed by atoms with Gasteiger partial charge in [-0.05, 0) is 31.0 Å². The van der Waals surface area contributed by atoms with Gasteiger partial charge in [-0.15, -0.1) is 0 Å². The van der Waals surface area contributed by atoms with Crippen LogP contribution in [0.4, 0.5) is 0 Å². The third kappa shape index (κ3) is 2.18. The molecule has 0 saturated carbocycles. The number of aliphatic hydroxyl groups excluding tert-OH is 1. The molecule has 2 aliphatic rings. The SMILES string of the molecule is CC1CC(C(O)c2ccc3c(c2)OCCO3)CO1. The third-order valence-electron chi connectivity index (χ3n) is 3.58. The summed E-state index contributed by atoms with van der Waals surface area (Å²) in [6, 6.07) is 5.65. The summed E-state index contributed by atoms with van der Waals surface area (Å²) in [6.45, 7) is 3.81. The zero-order valence-corrected chi connectivity index (χ0v) is 10.5. The third-order valence-corrected chi connectivity index (χ3v) is 3.58. The second kappa shape index (κ2) is 4.78. The molecule has 4 nitrogen and oxygen atoms in total. The van der Waals surface area contributed by atoms with Gasteiger partial charge in [0.15, 0.2) is 11.5 Å². The molecule has 0 aromatic heterocycles. The number of fused-ring (bicyclic) bond motifs is 1. The number of hydrogen-bond acceptors (Lipinski definition) is 4. The van der Waals surface area contributed by atoms with E-state index in [2.05, 4.69) is 0 Å². The highest BCUT2D eigenvalue weighted by Gasteiger charge is 2.30. The van der Waals surface area contributed by atoms with Crippen molar-refractivity contribution in [2.75, 3.05) is 19.8 Å². The van der Waals surface area contributed by atoms with E-state index in [1.165, 1.54) is 0 Å². The predicted molar refractivity (Wildman–Crippen MR) is 65.9 cm³/mol. The van der Waals surface area contributed by atoms with Crippen molar-refractivity contribution >= 4 is 0 Å². The molecule has 0 radical (unpaired) electrons. The van der Waals surface area contributed by atoms with Gasteiger partial charge in [-0.3, -0.25) is 0 Å². The molecule has 0 amide bonds. The maximum atomic E-state index is 10.4. The molecular weight excluding hydrogens is 232 g/mol. The van der Waals surface area contributed by atoms with Crippen molar-refractivity contribution in [1.29, 1.82) is 0 Å². The molecule has 3 rings (SSSR count). The van der Waals surface area contributed by atoms with Crippen LogP contribution in [0.25, 0.3) is 0 Å². The summed E-state index contributed by atoms with van der Waals surface area (Å²) in [7, 11) is 0. The van der Waals surface area contributed by atoms with E-state index in [9.17, 15) is 5.11 Å². The molecule has 0 spiro atoms. The molecule has 1 saturated heterocycles. The molecule has 98 valence electrons. The summed E-state index contributed by atoms with van der Waals surface area (Å²) in [5, 5.41) is 10.4. The molecule has 2 aliphatic heterocycles. The van der Waals surface area contributed by atoms with Gasteiger partial charge in [0.2, 0.25) is 0 Å². The second-order valence-corrected chi connectivity index (χ2v) is 4.99. The lowest BCUT2D eigenvalue weighted by atomic mass is 9.93. The second-order valence-electron chi connectivity index (χ2n) is 4.99. The monoisotopic (exact) mass is 250 g/mol. The fourth-order valence-electron chi connectivity index (χ4n) is 2.59. The molecule has 4 heteroatoms. The molecule has 1 aromatic rings. The Labute approximate surface area is 106 Å². The van der Waals surface area contributed by atoms with E-state index in [0.29, 0.717) is 19.8 Å². The van der Waals surface area contributed by atoms with Gasteiger partial charge in [-0.1, -0.05) is 6.07 Å². The number of aliphatic hydroxyl groups is 1. The van der Waals surface area contributed by atoms with Crippen molar-refractivity contribution in [3.8, 4) is 11.5 Å². The number of hydrogen-bond donors (Lipinski definition) is 1. The van der Waals surface area contributed by atoms with Crippen LogP contribution in [0.3, 0.4) is 0 Å². The molecule has 3 unspecified atom stereocenters. The Kier molecular flexibility index (Phi) is 3.14. The molecule has 3 atom stereocenters. The summed E-state index contributed by atoms with van der Waals surface area (Å²) >= 11 is 0. The van der Waals surface area contributed by atoms with Crippen LogP contribution in [0.15, 0.2) is 18.2 Å². The fraction of sp³-hybridized carbons (Fsp3) is 0.571. The Hall–Kier alpha value is -1.26. The highest BCUT2D eigenvalue weighted by atomic mass is 16.6. The summed E-state index contributed by atoms with van der Waals surface area (Å²) in [6.07, 6.45) is 0.642. The lowest BCUT2D eigenvalue weighted by Crippen LogP contribution is -2.17. The highest BCUT2D eigenvalue weighted by Crippen LogP contribution is 2.37. The van der Waals surface area contributed by atoms with Crippen LogP contribution in [0.1, 0.15) is 25.0 Å². The maximum Gasteiger partial charge on any atom is 0.161 e. The van der Waals surface area contributed by atoms with Crippen LogP contribution >= 0.6 is 0 Å².